The Labute approximate surface area is 76.5 Å². The molecule has 0 bridgehead atoms. The Morgan fingerprint density at radius 1 is 1.62 bits per heavy atom. The third-order valence-corrected chi connectivity index (χ3v) is 2.54. The van der Waals surface area contributed by atoms with E-state index in [2.05, 4.69) is 10.3 Å². The number of aliphatic hydroxyl groups is 1. The van der Waals surface area contributed by atoms with Gasteiger partial charge in [-0.05, 0) is 19.3 Å². The summed E-state index contributed by atoms with van der Waals surface area (Å²) in [4.78, 5) is 0. The molecule has 1 aromatic rings. The van der Waals surface area contributed by atoms with Crippen LogP contribution in [0.25, 0.3) is 0 Å². The zero-order chi connectivity index (χ0) is 9.26. The van der Waals surface area contributed by atoms with E-state index in [1.54, 1.807) is 6.20 Å². The maximum absolute atomic E-state index is 8.81. The lowest BCUT2D eigenvalue weighted by Gasteiger charge is -2.07. The van der Waals surface area contributed by atoms with Crippen LogP contribution < -0.4 is 5.73 Å². The third-order valence-electron chi connectivity index (χ3n) is 2.54. The van der Waals surface area contributed by atoms with Crippen molar-refractivity contribution in [1.29, 1.82) is 0 Å². The maximum Gasteiger partial charge on any atom is 0.108 e. The molecule has 13 heavy (non-hydrogen) atoms. The highest BCUT2D eigenvalue weighted by atomic mass is 16.3. The van der Waals surface area contributed by atoms with Crippen LogP contribution in [-0.2, 0) is 6.61 Å². The van der Waals surface area contributed by atoms with Gasteiger partial charge in [0.15, 0.2) is 0 Å². The summed E-state index contributed by atoms with van der Waals surface area (Å²) in [5, 5.41) is 16.6. The van der Waals surface area contributed by atoms with Crippen LogP contribution in [-0.4, -0.2) is 26.1 Å². The molecule has 1 aliphatic carbocycles. The van der Waals surface area contributed by atoms with Gasteiger partial charge in [-0.2, -0.15) is 0 Å². The summed E-state index contributed by atoms with van der Waals surface area (Å²) >= 11 is 0. The van der Waals surface area contributed by atoms with Gasteiger partial charge in [0.05, 0.1) is 18.8 Å². The molecule has 72 valence electrons. The van der Waals surface area contributed by atoms with Crippen LogP contribution in [0.2, 0.25) is 0 Å². The van der Waals surface area contributed by atoms with Crippen LogP contribution in [0.3, 0.4) is 0 Å². The van der Waals surface area contributed by atoms with Gasteiger partial charge in [-0.25, -0.2) is 4.68 Å². The molecule has 0 amide bonds. The average Bonchev–Trinajstić information content (AvgIpc) is 2.71. The van der Waals surface area contributed by atoms with Crippen LogP contribution in [0.1, 0.15) is 31.0 Å². The molecule has 1 heterocycles. The highest BCUT2D eigenvalue weighted by molar-refractivity contribution is 4.92. The lowest BCUT2D eigenvalue weighted by molar-refractivity contribution is 0.276. The standard InChI is InChI=1S/C8H14N4O/c9-6-1-2-8(3-6)12-4-7(5-13)10-11-12/h4,6,8,13H,1-3,5,9H2/t6-,8+/m0/s1. The van der Waals surface area contributed by atoms with E-state index in [0.29, 0.717) is 17.8 Å². The van der Waals surface area contributed by atoms with Crippen LogP contribution >= 0.6 is 0 Å². The fourth-order valence-electron chi connectivity index (χ4n) is 1.80. The number of nitrogens with zero attached hydrogens (tertiary/aromatic N) is 3. The fourth-order valence-corrected chi connectivity index (χ4v) is 1.80. The van der Waals surface area contributed by atoms with Crippen molar-refractivity contribution >= 4 is 0 Å². The Hall–Kier alpha value is -0.940. The molecular formula is C8H14N4O. The second kappa shape index (κ2) is 3.43. The summed E-state index contributed by atoms with van der Waals surface area (Å²) in [6.45, 7) is -0.0429. The Morgan fingerprint density at radius 2 is 2.46 bits per heavy atom. The first kappa shape index (κ1) is 8.65. The van der Waals surface area contributed by atoms with E-state index in [1.807, 2.05) is 4.68 Å². The quantitative estimate of drug-likeness (QED) is 0.665. The summed E-state index contributed by atoms with van der Waals surface area (Å²) in [6, 6.07) is 0.676. The predicted octanol–water partition coefficient (Wildman–Crippen LogP) is -0.177. The Morgan fingerprint density at radius 3 is 3.00 bits per heavy atom. The van der Waals surface area contributed by atoms with Gasteiger partial charge < -0.3 is 10.8 Å². The molecule has 5 heteroatoms. The number of hydrogen-bond acceptors (Lipinski definition) is 4. The first-order valence-corrected chi connectivity index (χ1v) is 4.56. The largest absolute Gasteiger partial charge is 0.390 e. The lowest BCUT2D eigenvalue weighted by atomic mass is 10.2. The molecule has 1 saturated carbocycles. The lowest BCUT2D eigenvalue weighted by Crippen LogP contribution is -2.16. The van der Waals surface area contributed by atoms with Gasteiger partial charge in [0.25, 0.3) is 0 Å². The van der Waals surface area contributed by atoms with E-state index in [1.165, 1.54) is 0 Å². The molecule has 0 spiro atoms. The van der Waals surface area contributed by atoms with Crippen molar-refractivity contribution in [2.45, 2.75) is 38.0 Å². The Balaban J connectivity index is 2.08. The van der Waals surface area contributed by atoms with E-state index in [4.69, 9.17) is 10.8 Å². The van der Waals surface area contributed by atoms with Crippen LogP contribution in [0.15, 0.2) is 6.20 Å². The molecule has 1 fully saturated rings. The molecule has 0 saturated heterocycles. The zero-order valence-electron chi connectivity index (χ0n) is 7.43. The van der Waals surface area contributed by atoms with Gasteiger partial charge >= 0.3 is 0 Å². The van der Waals surface area contributed by atoms with Crippen molar-refractivity contribution in [2.75, 3.05) is 0 Å². The molecule has 2 atom stereocenters. The number of aliphatic hydroxyl groups excluding tert-OH is 1. The molecule has 0 aliphatic heterocycles. The first-order chi connectivity index (χ1) is 6.29. The molecule has 0 aromatic carbocycles. The summed E-state index contributed by atoms with van der Waals surface area (Å²) in [5.74, 6) is 0. The van der Waals surface area contributed by atoms with E-state index >= 15 is 0 Å². The minimum Gasteiger partial charge on any atom is -0.390 e. The van der Waals surface area contributed by atoms with Gasteiger partial charge in [-0.3, -0.25) is 0 Å². The van der Waals surface area contributed by atoms with Crippen LogP contribution in [0.4, 0.5) is 0 Å². The van der Waals surface area contributed by atoms with E-state index in [9.17, 15) is 0 Å². The molecule has 2 rings (SSSR count). The minimum atomic E-state index is -0.0429. The number of aromatic nitrogens is 3. The molecular weight excluding hydrogens is 168 g/mol. The smallest absolute Gasteiger partial charge is 0.108 e. The van der Waals surface area contributed by atoms with Crippen molar-refractivity contribution in [1.82, 2.24) is 15.0 Å². The highest BCUT2D eigenvalue weighted by Gasteiger charge is 2.23. The van der Waals surface area contributed by atoms with E-state index < -0.39 is 0 Å². The van der Waals surface area contributed by atoms with Gasteiger partial charge in [-0.1, -0.05) is 5.21 Å². The van der Waals surface area contributed by atoms with E-state index in [0.717, 1.165) is 19.3 Å². The Kier molecular flexibility index (Phi) is 2.28. The molecule has 0 radical (unpaired) electrons. The molecule has 1 aliphatic rings. The monoisotopic (exact) mass is 182 g/mol. The summed E-state index contributed by atoms with van der Waals surface area (Å²) in [6.07, 6.45) is 4.88. The topological polar surface area (TPSA) is 77.0 Å². The molecule has 1 aromatic heterocycles. The van der Waals surface area contributed by atoms with Crippen LogP contribution in [0.5, 0.6) is 0 Å². The zero-order valence-corrected chi connectivity index (χ0v) is 7.43. The first-order valence-electron chi connectivity index (χ1n) is 4.56. The maximum atomic E-state index is 8.81. The molecule has 0 unspecified atom stereocenters. The Bertz CT molecular complexity index is 285. The summed E-state index contributed by atoms with van der Waals surface area (Å²) < 4.78 is 1.82. The van der Waals surface area contributed by atoms with Crippen molar-refractivity contribution in [3.8, 4) is 0 Å². The minimum absolute atomic E-state index is 0.0429. The van der Waals surface area contributed by atoms with Gasteiger partial charge in [0, 0.05) is 6.04 Å². The van der Waals surface area contributed by atoms with Gasteiger partial charge in [0.2, 0.25) is 0 Å². The van der Waals surface area contributed by atoms with E-state index in [-0.39, 0.29) is 6.61 Å². The number of rotatable bonds is 2. The second-order valence-electron chi connectivity index (χ2n) is 3.57. The normalized spacial score (nSPS) is 28.2. The SMILES string of the molecule is N[C@H]1CC[C@@H](n2cc(CO)nn2)C1. The second-order valence-corrected chi connectivity index (χ2v) is 3.57. The third kappa shape index (κ3) is 1.71. The summed E-state index contributed by atoms with van der Waals surface area (Å²) in [7, 11) is 0. The fraction of sp³-hybridized carbons (Fsp3) is 0.750. The molecule has 3 N–H and O–H groups in total. The average molecular weight is 182 g/mol. The van der Waals surface area contributed by atoms with Crippen molar-refractivity contribution in [3.63, 3.8) is 0 Å². The van der Waals surface area contributed by atoms with Gasteiger partial charge in [0.1, 0.15) is 5.69 Å². The number of hydrogen-bond donors (Lipinski definition) is 2. The van der Waals surface area contributed by atoms with Crippen molar-refractivity contribution in [2.24, 2.45) is 5.73 Å². The predicted molar refractivity (Wildman–Crippen MR) is 46.8 cm³/mol. The summed E-state index contributed by atoms with van der Waals surface area (Å²) in [5.41, 5.74) is 6.42. The van der Waals surface area contributed by atoms with Crippen molar-refractivity contribution < 1.29 is 5.11 Å². The van der Waals surface area contributed by atoms with Crippen molar-refractivity contribution in [3.05, 3.63) is 11.9 Å². The van der Waals surface area contributed by atoms with Gasteiger partial charge in [-0.15, -0.1) is 5.10 Å². The molecule has 5 nitrogen and oxygen atoms in total. The highest BCUT2D eigenvalue weighted by Crippen LogP contribution is 2.27. The van der Waals surface area contributed by atoms with Crippen LogP contribution in [0, 0.1) is 0 Å². The number of nitrogens with two attached hydrogens (primary N) is 1.